The van der Waals surface area contributed by atoms with Gasteiger partial charge in [-0.15, -0.1) is 0 Å². The molecule has 0 aromatic rings. The van der Waals surface area contributed by atoms with Crippen molar-refractivity contribution < 1.29 is 19.4 Å². The highest BCUT2D eigenvalue weighted by Crippen LogP contribution is 1.79. The van der Waals surface area contributed by atoms with Crippen LogP contribution in [0, 0.1) is 0 Å². The summed E-state index contributed by atoms with van der Waals surface area (Å²) in [6, 6.07) is 0. The second-order valence-electron chi connectivity index (χ2n) is 2.70. The van der Waals surface area contributed by atoms with E-state index in [1.807, 2.05) is 0 Å². The molecule has 0 saturated carbocycles. The third kappa shape index (κ3) is 9.26. The molecule has 5 heteroatoms. The number of methoxy groups -OCH3 is 1. The maximum atomic E-state index is 10.9. The van der Waals surface area contributed by atoms with Crippen LogP contribution in [0.3, 0.4) is 0 Å². The molecule has 5 nitrogen and oxygen atoms in total. The standard InChI is InChI=1S/C8H17NO4/c1-7(10)5-9-8(11)6-13-4-3-12-2/h7,10H,3-6H2,1-2H3,(H,9,11). The number of rotatable bonds is 7. The Morgan fingerprint density at radius 3 is 2.77 bits per heavy atom. The average Bonchev–Trinajstić information content (AvgIpc) is 2.09. The summed E-state index contributed by atoms with van der Waals surface area (Å²) in [4.78, 5) is 10.9. The highest BCUT2D eigenvalue weighted by atomic mass is 16.5. The van der Waals surface area contributed by atoms with Crippen LogP contribution in [0.2, 0.25) is 0 Å². The Bertz CT molecular complexity index is 138. The summed E-state index contributed by atoms with van der Waals surface area (Å²) < 4.78 is 9.67. The zero-order valence-corrected chi connectivity index (χ0v) is 8.08. The Morgan fingerprint density at radius 1 is 1.54 bits per heavy atom. The SMILES string of the molecule is COCCOCC(=O)NCC(C)O. The third-order valence-electron chi connectivity index (χ3n) is 1.26. The lowest BCUT2D eigenvalue weighted by Crippen LogP contribution is -2.33. The van der Waals surface area contributed by atoms with Crippen LogP contribution in [0.25, 0.3) is 0 Å². The molecule has 0 aliphatic carbocycles. The van der Waals surface area contributed by atoms with E-state index in [9.17, 15) is 4.79 Å². The Balaban J connectivity index is 3.20. The van der Waals surface area contributed by atoms with Crippen molar-refractivity contribution in [1.29, 1.82) is 0 Å². The fourth-order valence-electron chi connectivity index (χ4n) is 0.620. The first kappa shape index (κ1) is 12.3. The number of hydrogen-bond acceptors (Lipinski definition) is 4. The number of carbonyl (C=O) groups is 1. The Labute approximate surface area is 78.0 Å². The van der Waals surface area contributed by atoms with Crippen LogP contribution in [0.1, 0.15) is 6.92 Å². The summed E-state index contributed by atoms with van der Waals surface area (Å²) in [5, 5.41) is 11.3. The van der Waals surface area contributed by atoms with Crippen molar-refractivity contribution >= 4 is 5.91 Å². The lowest BCUT2D eigenvalue weighted by atomic mass is 10.4. The summed E-state index contributed by atoms with van der Waals surface area (Å²) in [6.07, 6.45) is -0.525. The molecule has 13 heavy (non-hydrogen) atoms. The molecule has 78 valence electrons. The predicted molar refractivity (Wildman–Crippen MR) is 47.4 cm³/mol. The van der Waals surface area contributed by atoms with E-state index in [4.69, 9.17) is 14.6 Å². The molecule has 0 aliphatic heterocycles. The van der Waals surface area contributed by atoms with Gasteiger partial charge in [0.05, 0.1) is 19.3 Å². The summed E-state index contributed by atoms with van der Waals surface area (Å²) in [7, 11) is 1.57. The van der Waals surface area contributed by atoms with Gasteiger partial charge in [0.2, 0.25) is 5.91 Å². The van der Waals surface area contributed by atoms with Crippen molar-refractivity contribution in [2.45, 2.75) is 13.0 Å². The van der Waals surface area contributed by atoms with Crippen LogP contribution < -0.4 is 5.32 Å². The molecule has 1 unspecified atom stereocenters. The zero-order chi connectivity index (χ0) is 10.1. The van der Waals surface area contributed by atoms with Gasteiger partial charge in [0.25, 0.3) is 0 Å². The minimum Gasteiger partial charge on any atom is -0.392 e. The molecular formula is C8H17NO4. The first-order chi connectivity index (χ1) is 6.16. The molecule has 0 heterocycles. The molecular weight excluding hydrogens is 174 g/mol. The topological polar surface area (TPSA) is 67.8 Å². The predicted octanol–water partition coefficient (Wildman–Crippen LogP) is -0.854. The van der Waals surface area contributed by atoms with E-state index >= 15 is 0 Å². The number of carbonyl (C=O) groups excluding carboxylic acids is 1. The Morgan fingerprint density at radius 2 is 2.23 bits per heavy atom. The van der Waals surface area contributed by atoms with Gasteiger partial charge >= 0.3 is 0 Å². The van der Waals surface area contributed by atoms with E-state index < -0.39 is 6.10 Å². The number of aliphatic hydroxyl groups excluding tert-OH is 1. The van der Waals surface area contributed by atoms with Crippen LogP contribution in [-0.4, -0.2) is 50.6 Å². The van der Waals surface area contributed by atoms with E-state index in [-0.39, 0.29) is 19.1 Å². The Kier molecular flexibility index (Phi) is 7.57. The lowest BCUT2D eigenvalue weighted by Gasteiger charge is -2.07. The van der Waals surface area contributed by atoms with Gasteiger partial charge in [0.15, 0.2) is 0 Å². The monoisotopic (exact) mass is 191 g/mol. The van der Waals surface area contributed by atoms with Crippen molar-refractivity contribution in [2.75, 3.05) is 33.5 Å². The van der Waals surface area contributed by atoms with E-state index in [2.05, 4.69) is 5.32 Å². The fraction of sp³-hybridized carbons (Fsp3) is 0.875. The van der Waals surface area contributed by atoms with E-state index in [0.717, 1.165) is 0 Å². The number of hydrogen-bond donors (Lipinski definition) is 2. The molecule has 1 amide bonds. The number of ether oxygens (including phenoxy) is 2. The number of amides is 1. The summed E-state index contributed by atoms with van der Waals surface area (Å²) in [5.41, 5.74) is 0. The zero-order valence-electron chi connectivity index (χ0n) is 8.08. The second kappa shape index (κ2) is 7.97. The van der Waals surface area contributed by atoms with E-state index in [0.29, 0.717) is 13.2 Å². The smallest absolute Gasteiger partial charge is 0.246 e. The van der Waals surface area contributed by atoms with Gasteiger partial charge in [-0.2, -0.15) is 0 Å². The number of aliphatic hydroxyl groups is 1. The molecule has 0 spiro atoms. The highest BCUT2D eigenvalue weighted by molar-refractivity contribution is 5.77. The molecule has 0 saturated heterocycles. The van der Waals surface area contributed by atoms with Gasteiger partial charge in [-0.05, 0) is 6.92 Å². The van der Waals surface area contributed by atoms with Gasteiger partial charge in [0, 0.05) is 13.7 Å². The minimum absolute atomic E-state index is 0.01000. The van der Waals surface area contributed by atoms with Crippen LogP contribution in [0.5, 0.6) is 0 Å². The average molecular weight is 191 g/mol. The first-order valence-corrected chi connectivity index (χ1v) is 4.18. The minimum atomic E-state index is -0.525. The molecule has 2 N–H and O–H groups in total. The second-order valence-corrected chi connectivity index (χ2v) is 2.70. The van der Waals surface area contributed by atoms with Crippen molar-refractivity contribution in [3.8, 4) is 0 Å². The van der Waals surface area contributed by atoms with Crippen molar-refractivity contribution in [2.24, 2.45) is 0 Å². The van der Waals surface area contributed by atoms with Crippen LogP contribution in [0.4, 0.5) is 0 Å². The first-order valence-electron chi connectivity index (χ1n) is 4.18. The summed E-state index contributed by atoms with van der Waals surface area (Å²) in [5.74, 6) is -0.225. The molecule has 0 bridgehead atoms. The van der Waals surface area contributed by atoms with Gasteiger partial charge in [-0.3, -0.25) is 4.79 Å². The Hall–Kier alpha value is -0.650. The summed E-state index contributed by atoms with van der Waals surface area (Å²) in [6.45, 7) is 2.75. The highest BCUT2D eigenvalue weighted by Gasteiger charge is 2.01. The van der Waals surface area contributed by atoms with Crippen LogP contribution in [0.15, 0.2) is 0 Å². The van der Waals surface area contributed by atoms with Gasteiger partial charge in [0.1, 0.15) is 6.61 Å². The van der Waals surface area contributed by atoms with Crippen molar-refractivity contribution in [1.82, 2.24) is 5.32 Å². The summed E-state index contributed by atoms with van der Waals surface area (Å²) >= 11 is 0. The lowest BCUT2D eigenvalue weighted by molar-refractivity contribution is -0.126. The van der Waals surface area contributed by atoms with Crippen LogP contribution in [-0.2, 0) is 14.3 Å². The molecule has 0 fully saturated rings. The van der Waals surface area contributed by atoms with E-state index in [1.54, 1.807) is 14.0 Å². The molecule has 0 rings (SSSR count). The maximum Gasteiger partial charge on any atom is 0.246 e. The van der Waals surface area contributed by atoms with Gasteiger partial charge in [-0.1, -0.05) is 0 Å². The largest absolute Gasteiger partial charge is 0.392 e. The van der Waals surface area contributed by atoms with Gasteiger partial charge in [-0.25, -0.2) is 0 Å². The maximum absolute atomic E-state index is 10.9. The molecule has 1 atom stereocenters. The number of nitrogens with one attached hydrogen (secondary N) is 1. The van der Waals surface area contributed by atoms with Crippen molar-refractivity contribution in [3.05, 3.63) is 0 Å². The van der Waals surface area contributed by atoms with Crippen molar-refractivity contribution in [3.63, 3.8) is 0 Å². The van der Waals surface area contributed by atoms with Gasteiger partial charge < -0.3 is 19.9 Å². The fourth-order valence-corrected chi connectivity index (χ4v) is 0.620. The van der Waals surface area contributed by atoms with E-state index in [1.165, 1.54) is 0 Å². The quantitative estimate of drug-likeness (QED) is 0.514. The molecule has 0 aliphatic rings. The normalized spacial score (nSPS) is 12.5. The third-order valence-corrected chi connectivity index (χ3v) is 1.26. The van der Waals surface area contributed by atoms with Crippen LogP contribution >= 0.6 is 0 Å². The molecule has 0 aromatic heterocycles. The molecule has 0 radical (unpaired) electrons. The molecule has 0 aromatic carbocycles.